The second-order valence-corrected chi connectivity index (χ2v) is 10.2. The number of carbonyl (C=O) groups is 2. The van der Waals surface area contributed by atoms with Gasteiger partial charge < -0.3 is 20.7 Å². The summed E-state index contributed by atoms with van der Waals surface area (Å²) >= 11 is 7.62. The monoisotopic (exact) mass is 513 g/mol. The molecule has 2 amide bonds. The van der Waals surface area contributed by atoms with E-state index < -0.39 is 17.6 Å². The molecule has 0 unspecified atom stereocenters. The molecule has 8 nitrogen and oxygen atoms in total. The molecule has 3 rings (SSSR count). The number of carbonyl (C=O) groups excluding carboxylic acids is 2. The summed E-state index contributed by atoms with van der Waals surface area (Å²) in [5, 5.41) is 9.07. The van der Waals surface area contributed by atoms with Crippen LogP contribution in [0, 0.1) is 13.8 Å². The van der Waals surface area contributed by atoms with Gasteiger partial charge in [-0.3, -0.25) is 4.79 Å². The van der Waals surface area contributed by atoms with Crippen LogP contribution in [0.3, 0.4) is 0 Å². The minimum atomic E-state index is -0.664. The molecule has 0 fully saturated rings. The Morgan fingerprint density at radius 3 is 2.49 bits per heavy atom. The van der Waals surface area contributed by atoms with Crippen molar-refractivity contribution in [3.8, 4) is 10.4 Å². The predicted octanol–water partition coefficient (Wildman–Crippen LogP) is 6.02. The lowest BCUT2D eigenvalue weighted by Gasteiger charge is -2.19. The maximum atomic E-state index is 12.3. The number of ether oxygens (including phenoxy) is 1. The van der Waals surface area contributed by atoms with Crippen LogP contribution in [-0.4, -0.2) is 34.1 Å². The van der Waals surface area contributed by atoms with E-state index in [-0.39, 0.29) is 6.54 Å². The fourth-order valence-corrected chi connectivity index (χ4v) is 4.11. The average Bonchev–Trinajstić information content (AvgIpc) is 3.13. The SMILES string of the molecule is C=C(Nc1cc(-c2sc(NC(=O)CNC(=O)OC(C)(C)C)nc2C)cnc1Cl)c1ccc(C)cc1. The summed E-state index contributed by atoms with van der Waals surface area (Å²) in [5.41, 5.74) is 4.26. The second kappa shape index (κ2) is 10.9. The minimum absolute atomic E-state index is 0.236. The largest absolute Gasteiger partial charge is 0.444 e. The molecule has 35 heavy (non-hydrogen) atoms. The number of aryl methyl sites for hydroxylation is 2. The number of thiazole rings is 1. The normalized spacial score (nSPS) is 11.0. The Bertz CT molecular complexity index is 1250. The molecule has 0 saturated carbocycles. The summed E-state index contributed by atoms with van der Waals surface area (Å²) in [7, 11) is 0. The summed E-state index contributed by atoms with van der Waals surface area (Å²) in [6, 6.07) is 9.85. The van der Waals surface area contributed by atoms with Crippen molar-refractivity contribution in [2.75, 3.05) is 17.2 Å². The van der Waals surface area contributed by atoms with Crippen molar-refractivity contribution in [1.29, 1.82) is 0 Å². The molecule has 1 aromatic carbocycles. The van der Waals surface area contributed by atoms with Crippen LogP contribution in [0.25, 0.3) is 16.1 Å². The van der Waals surface area contributed by atoms with E-state index in [0.717, 1.165) is 27.3 Å². The number of pyridine rings is 1. The zero-order chi connectivity index (χ0) is 25.8. The van der Waals surface area contributed by atoms with Crippen molar-refractivity contribution in [3.05, 3.63) is 65.1 Å². The fourth-order valence-electron chi connectivity index (χ4n) is 3.00. The van der Waals surface area contributed by atoms with Crippen LogP contribution in [0.2, 0.25) is 5.15 Å². The Hall–Kier alpha value is -3.43. The van der Waals surface area contributed by atoms with Crippen molar-refractivity contribution in [1.82, 2.24) is 15.3 Å². The molecule has 10 heteroatoms. The zero-order valence-electron chi connectivity index (χ0n) is 20.3. The van der Waals surface area contributed by atoms with Gasteiger partial charge in [-0.25, -0.2) is 14.8 Å². The van der Waals surface area contributed by atoms with Gasteiger partial charge in [-0.2, -0.15) is 0 Å². The van der Waals surface area contributed by atoms with E-state index in [2.05, 4.69) is 32.5 Å². The molecule has 0 aliphatic rings. The van der Waals surface area contributed by atoms with Gasteiger partial charge in [-0.15, -0.1) is 0 Å². The standard InChI is InChI=1S/C25H28ClN5O3S/c1-14-7-9-17(10-8-14)15(2)29-19-11-18(12-27-22(19)26)21-16(3)30-23(35-21)31-20(32)13-28-24(33)34-25(4,5)6/h7-12,29H,2,13H2,1,3-6H3,(H,28,33)(H,30,31,32). The first-order valence-electron chi connectivity index (χ1n) is 10.8. The molecule has 0 bridgehead atoms. The third-order valence-electron chi connectivity index (χ3n) is 4.62. The molecule has 0 atom stereocenters. The molecule has 3 aromatic rings. The highest BCUT2D eigenvalue weighted by atomic mass is 35.5. The maximum Gasteiger partial charge on any atom is 0.408 e. The third-order valence-corrected chi connectivity index (χ3v) is 6.05. The molecule has 184 valence electrons. The first-order chi connectivity index (χ1) is 16.4. The number of halogens is 1. The van der Waals surface area contributed by atoms with Crippen molar-refractivity contribution in [2.24, 2.45) is 0 Å². The van der Waals surface area contributed by atoms with Crippen LogP contribution in [0.15, 0.2) is 43.1 Å². The van der Waals surface area contributed by atoms with Crippen molar-refractivity contribution < 1.29 is 14.3 Å². The Kier molecular flexibility index (Phi) is 8.14. The predicted molar refractivity (Wildman–Crippen MR) is 142 cm³/mol. The summed E-state index contributed by atoms with van der Waals surface area (Å²) in [5.74, 6) is -0.415. The highest BCUT2D eigenvalue weighted by Gasteiger charge is 2.18. The summed E-state index contributed by atoms with van der Waals surface area (Å²) < 4.78 is 5.13. The molecule has 0 aliphatic carbocycles. The number of nitrogens with one attached hydrogen (secondary N) is 3. The molecule has 0 radical (unpaired) electrons. The van der Waals surface area contributed by atoms with Crippen LogP contribution >= 0.6 is 22.9 Å². The molecule has 2 heterocycles. The van der Waals surface area contributed by atoms with E-state index in [9.17, 15) is 9.59 Å². The molecule has 0 spiro atoms. The average molecular weight is 514 g/mol. The van der Waals surface area contributed by atoms with Crippen LogP contribution in [0.5, 0.6) is 0 Å². The summed E-state index contributed by atoms with van der Waals surface area (Å²) in [4.78, 5) is 33.5. The van der Waals surface area contributed by atoms with Gasteiger partial charge in [0.2, 0.25) is 5.91 Å². The Balaban J connectivity index is 1.69. The van der Waals surface area contributed by atoms with Gasteiger partial charge in [0.25, 0.3) is 0 Å². The topological polar surface area (TPSA) is 105 Å². The van der Waals surface area contributed by atoms with E-state index in [1.165, 1.54) is 11.3 Å². The van der Waals surface area contributed by atoms with Gasteiger partial charge in [-0.05, 0) is 46.2 Å². The number of benzene rings is 1. The number of hydrogen-bond acceptors (Lipinski definition) is 7. The van der Waals surface area contributed by atoms with Crippen molar-refractivity contribution >= 4 is 51.5 Å². The van der Waals surface area contributed by atoms with E-state index in [1.807, 2.05) is 44.2 Å². The highest BCUT2D eigenvalue weighted by molar-refractivity contribution is 7.19. The minimum Gasteiger partial charge on any atom is -0.444 e. The lowest BCUT2D eigenvalue weighted by Crippen LogP contribution is -2.37. The molecule has 3 N–H and O–H groups in total. The van der Waals surface area contributed by atoms with E-state index in [1.54, 1.807) is 27.0 Å². The number of nitrogens with zero attached hydrogens (tertiary/aromatic N) is 2. The molecular formula is C25H28ClN5O3S. The van der Waals surface area contributed by atoms with E-state index in [4.69, 9.17) is 16.3 Å². The highest BCUT2D eigenvalue weighted by Crippen LogP contribution is 2.35. The Morgan fingerprint density at radius 1 is 1.14 bits per heavy atom. The van der Waals surface area contributed by atoms with Gasteiger partial charge >= 0.3 is 6.09 Å². The van der Waals surface area contributed by atoms with Crippen molar-refractivity contribution in [2.45, 2.75) is 40.2 Å². The van der Waals surface area contributed by atoms with Gasteiger partial charge in [-0.1, -0.05) is 59.3 Å². The fraction of sp³-hybridized carbons (Fsp3) is 0.280. The van der Waals surface area contributed by atoms with Crippen LogP contribution in [0.4, 0.5) is 15.6 Å². The quantitative estimate of drug-likeness (QED) is 0.333. The van der Waals surface area contributed by atoms with Gasteiger partial charge in [0.05, 0.1) is 16.3 Å². The second-order valence-electron chi connectivity index (χ2n) is 8.87. The van der Waals surface area contributed by atoms with E-state index >= 15 is 0 Å². The third kappa shape index (κ3) is 7.53. The Labute approximate surface area is 213 Å². The summed E-state index contributed by atoms with van der Waals surface area (Å²) in [6.07, 6.45) is 0.987. The maximum absolute atomic E-state index is 12.3. The van der Waals surface area contributed by atoms with Crippen LogP contribution in [-0.2, 0) is 9.53 Å². The number of rotatable bonds is 7. The van der Waals surface area contributed by atoms with Crippen molar-refractivity contribution in [3.63, 3.8) is 0 Å². The molecule has 2 aromatic heterocycles. The number of alkyl carbamates (subject to hydrolysis) is 1. The molecule has 0 aliphatic heterocycles. The van der Waals surface area contributed by atoms with E-state index in [0.29, 0.717) is 21.7 Å². The lowest BCUT2D eigenvalue weighted by atomic mass is 10.1. The summed E-state index contributed by atoms with van der Waals surface area (Å²) in [6.45, 7) is 13.0. The van der Waals surface area contributed by atoms with Crippen LogP contribution < -0.4 is 16.0 Å². The molecule has 0 saturated heterocycles. The smallest absolute Gasteiger partial charge is 0.408 e. The van der Waals surface area contributed by atoms with Gasteiger partial charge in [0.1, 0.15) is 12.1 Å². The number of amides is 2. The van der Waals surface area contributed by atoms with Gasteiger partial charge in [0, 0.05) is 17.5 Å². The lowest BCUT2D eigenvalue weighted by molar-refractivity contribution is -0.115. The van der Waals surface area contributed by atoms with Crippen LogP contribution in [0.1, 0.15) is 37.6 Å². The Morgan fingerprint density at radius 2 is 1.83 bits per heavy atom. The first kappa shape index (κ1) is 26.2. The number of hydrogen-bond donors (Lipinski definition) is 3. The zero-order valence-corrected chi connectivity index (χ0v) is 21.9. The number of anilines is 2. The number of aromatic nitrogens is 2. The first-order valence-corrected chi connectivity index (χ1v) is 12.0. The molecular weight excluding hydrogens is 486 g/mol. The van der Waals surface area contributed by atoms with Gasteiger partial charge in [0.15, 0.2) is 10.3 Å².